The number of hydrogen-bond acceptors (Lipinski definition) is 5. The van der Waals surface area contributed by atoms with Crippen LogP contribution in [0.25, 0.3) is 22.4 Å². The van der Waals surface area contributed by atoms with Crippen molar-refractivity contribution in [2.24, 2.45) is 4.99 Å². The molecular weight excluding hydrogens is 358 g/mol. The molecule has 0 fully saturated rings. The van der Waals surface area contributed by atoms with Crippen molar-refractivity contribution in [1.29, 1.82) is 0 Å². The number of aliphatic carboxylic acids is 1. The zero-order valence-corrected chi connectivity index (χ0v) is 14.7. The number of oxazole rings is 1. The second-order valence-corrected chi connectivity index (χ2v) is 6.27. The number of H-pyrrole nitrogens is 1. The van der Waals surface area contributed by atoms with Gasteiger partial charge in [-0.15, -0.1) is 0 Å². The van der Waals surface area contributed by atoms with Gasteiger partial charge in [-0.1, -0.05) is 36.4 Å². The average Bonchev–Trinajstić information content (AvgIpc) is 3.29. The van der Waals surface area contributed by atoms with Crippen LogP contribution in [0.1, 0.15) is 11.3 Å². The SMILES string of the molecule is O=C(O)[C@H](Cc1c[nH]c2ccccc12)N=Cc1nc(-c2ccccc2)oc1O. The number of carboxylic acids is 1. The van der Waals surface area contributed by atoms with Crippen LogP contribution in [0.15, 0.2) is 70.2 Å². The predicted octanol–water partition coefficient (Wildman–Crippen LogP) is 3.64. The van der Waals surface area contributed by atoms with E-state index in [0.717, 1.165) is 16.5 Å². The minimum Gasteiger partial charge on any atom is -0.480 e. The second-order valence-electron chi connectivity index (χ2n) is 6.27. The zero-order valence-electron chi connectivity index (χ0n) is 14.7. The Morgan fingerprint density at radius 1 is 1.18 bits per heavy atom. The van der Waals surface area contributed by atoms with E-state index in [1.807, 2.05) is 42.5 Å². The van der Waals surface area contributed by atoms with Crippen LogP contribution in [0.5, 0.6) is 5.95 Å². The number of aromatic hydroxyl groups is 1. The molecule has 0 saturated heterocycles. The smallest absolute Gasteiger partial charge is 0.328 e. The predicted molar refractivity (Wildman–Crippen MR) is 105 cm³/mol. The van der Waals surface area contributed by atoms with Gasteiger partial charge >= 0.3 is 11.9 Å². The quantitative estimate of drug-likeness (QED) is 0.446. The molecule has 0 aliphatic heterocycles. The van der Waals surface area contributed by atoms with Crippen LogP contribution in [0.2, 0.25) is 0 Å². The van der Waals surface area contributed by atoms with Crippen molar-refractivity contribution >= 4 is 23.1 Å². The first-order valence-corrected chi connectivity index (χ1v) is 8.68. The fourth-order valence-electron chi connectivity index (χ4n) is 2.99. The van der Waals surface area contributed by atoms with Gasteiger partial charge in [0.2, 0.25) is 5.89 Å². The highest BCUT2D eigenvalue weighted by molar-refractivity contribution is 5.86. The van der Waals surface area contributed by atoms with Gasteiger partial charge < -0.3 is 19.6 Å². The second kappa shape index (κ2) is 7.40. The largest absolute Gasteiger partial charge is 0.480 e. The number of benzene rings is 2. The number of para-hydroxylation sites is 1. The van der Waals surface area contributed by atoms with Crippen LogP contribution in [0, 0.1) is 0 Å². The van der Waals surface area contributed by atoms with Crippen molar-refractivity contribution in [3.05, 3.63) is 72.1 Å². The molecule has 4 aromatic rings. The number of aliphatic imine (C=N–C) groups is 1. The summed E-state index contributed by atoms with van der Waals surface area (Å²) in [5.41, 5.74) is 2.58. The minimum absolute atomic E-state index is 0.0871. The molecule has 3 N–H and O–H groups in total. The molecule has 0 saturated carbocycles. The van der Waals surface area contributed by atoms with E-state index in [-0.39, 0.29) is 18.0 Å². The number of hydrogen-bond donors (Lipinski definition) is 3. The van der Waals surface area contributed by atoms with Gasteiger partial charge in [-0.2, -0.15) is 0 Å². The molecule has 7 heteroatoms. The van der Waals surface area contributed by atoms with Crippen molar-refractivity contribution in [1.82, 2.24) is 9.97 Å². The highest BCUT2D eigenvalue weighted by Crippen LogP contribution is 2.25. The molecule has 7 nitrogen and oxygen atoms in total. The Bertz CT molecular complexity index is 1140. The summed E-state index contributed by atoms with van der Waals surface area (Å²) in [5, 5.41) is 20.5. The highest BCUT2D eigenvalue weighted by atomic mass is 16.5. The Kier molecular flexibility index (Phi) is 4.63. The van der Waals surface area contributed by atoms with E-state index >= 15 is 0 Å². The number of nitrogens with one attached hydrogen (secondary N) is 1. The molecule has 0 aliphatic carbocycles. The first-order chi connectivity index (χ1) is 13.6. The average molecular weight is 375 g/mol. The third kappa shape index (κ3) is 3.50. The van der Waals surface area contributed by atoms with Gasteiger partial charge in [0.1, 0.15) is 0 Å². The number of carboxylic acid groups (broad SMARTS) is 1. The van der Waals surface area contributed by atoms with E-state index in [0.29, 0.717) is 5.56 Å². The van der Waals surface area contributed by atoms with Gasteiger partial charge in [-0.05, 0) is 23.8 Å². The normalized spacial score (nSPS) is 12.6. The lowest BCUT2D eigenvalue weighted by Gasteiger charge is -2.06. The van der Waals surface area contributed by atoms with E-state index in [4.69, 9.17) is 4.42 Å². The van der Waals surface area contributed by atoms with Crippen LogP contribution >= 0.6 is 0 Å². The number of carbonyl (C=O) groups is 1. The molecule has 1 atom stereocenters. The number of aromatic nitrogens is 2. The van der Waals surface area contributed by atoms with Crippen molar-refractivity contribution in [2.45, 2.75) is 12.5 Å². The number of rotatable bonds is 6. The van der Waals surface area contributed by atoms with E-state index < -0.39 is 18.0 Å². The molecule has 140 valence electrons. The Balaban J connectivity index is 1.58. The summed E-state index contributed by atoms with van der Waals surface area (Å²) in [7, 11) is 0. The molecule has 0 radical (unpaired) electrons. The first-order valence-electron chi connectivity index (χ1n) is 8.68. The van der Waals surface area contributed by atoms with E-state index in [1.54, 1.807) is 18.3 Å². The number of aromatic amines is 1. The molecule has 4 rings (SSSR count). The van der Waals surface area contributed by atoms with Gasteiger partial charge in [0.15, 0.2) is 11.7 Å². The van der Waals surface area contributed by atoms with Crippen LogP contribution in [0.4, 0.5) is 0 Å². The van der Waals surface area contributed by atoms with Crippen LogP contribution in [-0.4, -0.2) is 38.4 Å². The van der Waals surface area contributed by atoms with E-state index in [1.165, 1.54) is 6.21 Å². The molecule has 0 bridgehead atoms. The lowest BCUT2D eigenvalue weighted by Crippen LogP contribution is -2.20. The summed E-state index contributed by atoms with van der Waals surface area (Å²) in [5.74, 6) is -1.23. The maximum absolute atomic E-state index is 11.7. The summed E-state index contributed by atoms with van der Waals surface area (Å²) >= 11 is 0. The summed E-state index contributed by atoms with van der Waals surface area (Å²) in [6, 6.07) is 15.7. The van der Waals surface area contributed by atoms with E-state index in [9.17, 15) is 15.0 Å². The van der Waals surface area contributed by atoms with Crippen LogP contribution < -0.4 is 0 Å². The van der Waals surface area contributed by atoms with Gasteiger partial charge in [0.25, 0.3) is 0 Å². The monoisotopic (exact) mass is 375 g/mol. The first kappa shape index (κ1) is 17.5. The highest BCUT2D eigenvalue weighted by Gasteiger charge is 2.19. The molecule has 0 unspecified atom stereocenters. The molecule has 2 aromatic carbocycles. The lowest BCUT2D eigenvalue weighted by molar-refractivity contribution is -0.138. The molecule has 28 heavy (non-hydrogen) atoms. The van der Waals surface area contributed by atoms with Crippen molar-refractivity contribution in [3.63, 3.8) is 0 Å². The molecule has 2 aromatic heterocycles. The Hall–Kier alpha value is -3.87. The maximum atomic E-state index is 11.7. The van der Waals surface area contributed by atoms with Gasteiger partial charge in [-0.25, -0.2) is 9.78 Å². The summed E-state index contributed by atoms with van der Waals surface area (Å²) in [4.78, 5) is 23.1. The van der Waals surface area contributed by atoms with Crippen molar-refractivity contribution in [3.8, 4) is 17.4 Å². The van der Waals surface area contributed by atoms with Gasteiger partial charge in [0, 0.05) is 29.1 Å². The molecular formula is C21H17N3O4. The zero-order chi connectivity index (χ0) is 19.5. The van der Waals surface area contributed by atoms with Crippen LogP contribution in [0.3, 0.4) is 0 Å². The summed E-state index contributed by atoms with van der Waals surface area (Å²) in [6.07, 6.45) is 3.23. The lowest BCUT2D eigenvalue weighted by atomic mass is 10.1. The summed E-state index contributed by atoms with van der Waals surface area (Å²) < 4.78 is 5.26. The Labute approximate surface area is 160 Å². The molecule has 0 spiro atoms. The van der Waals surface area contributed by atoms with Gasteiger partial charge in [0.05, 0.1) is 6.21 Å². The molecule has 0 aliphatic rings. The van der Waals surface area contributed by atoms with Crippen molar-refractivity contribution in [2.75, 3.05) is 0 Å². The fraction of sp³-hybridized carbons (Fsp3) is 0.0952. The topological polar surface area (TPSA) is 112 Å². The van der Waals surface area contributed by atoms with Crippen molar-refractivity contribution < 1.29 is 19.4 Å². The number of fused-ring (bicyclic) bond motifs is 1. The maximum Gasteiger partial charge on any atom is 0.328 e. The third-order valence-electron chi connectivity index (χ3n) is 4.41. The molecule has 0 amide bonds. The number of nitrogens with zero attached hydrogens (tertiary/aromatic N) is 2. The third-order valence-corrected chi connectivity index (χ3v) is 4.41. The minimum atomic E-state index is -1.06. The molecule has 2 heterocycles. The fourth-order valence-corrected chi connectivity index (χ4v) is 2.99. The van der Waals surface area contributed by atoms with Crippen LogP contribution in [-0.2, 0) is 11.2 Å². The Morgan fingerprint density at radius 2 is 1.93 bits per heavy atom. The summed E-state index contributed by atoms with van der Waals surface area (Å²) in [6.45, 7) is 0. The standard InChI is InChI=1S/C21H17N3O4/c25-20(26)17(10-14-11-22-16-9-5-4-8-15(14)16)23-12-18-21(27)28-19(24-18)13-6-2-1-3-7-13/h1-9,11-12,17,22,27H,10H2,(H,25,26)/t17-/m0/s1. The van der Waals surface area contributed by atoms with E-state index in [2.05, 4.69) is 15.0 Å². The Morgan fingerprint density at radius 3 is 2.71 bits per heavy atom. The van der Waals surface area contributed by atoms with Gasteiger partial charge in [-0.3, -0.25) is 4.99 Å².